The normalized spacial score (nSPS) is 14.3. The minimum atomic E-state index is -4.96. The lowest BCUT2D eigenvalue weighted by atomic mass is 9.99. The van der Waals surface area contributed by atoms with Crippen molar-refractivity contribution in [2.24, 2.45) is 23.7 Å². The van der Waals surface area contributed by atoms with Gasteiger partial charge in [0.1, 0.15) is 19.3 Å². The van der Waals surface area contributed by atoms with Gasteiger partial charge in [0, 0.05) is 25.7 Å². The van der Waals surface area contributed by atoms with E-state index in [2.05, 4.69) is 55.4 Å². The number of ether oxygens (including phenoxy) is 4. The fraction of sp³-hybridized carbons (Fsp3) is 0.949. The van der Waals surface area contributed by atoms with Crippen molar-refractivity contribution in [1.29, 1.82) is 0 Å². The molecule has 0 aliphatic heterocycles. The second-order valence-electron chi connectivity index (χ2n) is 30.1. The van der Waals surface area contributed by atoms with Crippen LogP contribution >= 0.6 is 15.6 Å². The number of hydrogen-bond donors (Lipinski definition) is 3. The molecule has 0 bridgehead atoms. The molecule has 0 spiro atoms. The van der Waals surface area contributed by atoms with Gasteiger partial charge in [-0.3, -0.25) is 37.3 Å². The van der Waals surface area contributed by atoms with Crippen molar-refractivity contribution in [3.63, 3.8) is 0 Å². The Kier molecular flexibility index (Phi) is 66.8. The van der Waals surface area contributed by atoms with Crippen LogP contribution in [0.15, 0.2) is 0 Å². The zero-order valence-corrected chi connectivity index (χ0v) is 66.2. The number of carbonyl (C=O) groups excluding carboxylic acids is 4. The predicted molar refractivity (Wildman–Crippen MR) is 400 cm³/mol. The molecule has 0 aromatic heterocycles. The van der Waals surface area contributed by atoms with Crippen molar-refractivity contribution in [3.8, 4) is 0 Å². The number of hydrogen-bond acceptors (Lipinski definition) is 15. The Hall–Kier alpha value is -1.94. The molecule has 0 aliphatic rings. The van der Waals surface area contributed by atoms with Gasteiger partial charge in [-0.15, -0.1) is 0 Å². The molecule has 0 saturated heterocycles. The van der Waals surface area contributed by atoms with Gasteiger partial charge in [0.25, 0.3) is 0 Å². The standard InChI is InChI=1S/C79H154O17P2/c1-9-72(8)58-50-42-34-29-30-36-44-52-60-77(82)90-66-75(96-79(84)62-54-46-38-28-22-21-25-33-41-49-57-71(6)7)68-94-98(87,88)92-64-73(80)63-91-97(85,86)93-67-74(65-89-76(81)59-51-43-35-26-19-16-12-14-18-24-32-40-48-56-70(4)5)95-78(83)61-53-45-37-27-20-15-11-10-13-17-23-31-39-47-55-69(2)3/h69-75,80H,9-68H2,1-8H3,(H,85,86)(H,87,88)/t72?,73-,74-,75-/m1/s1. The number of aliphatic hydroxyl groups is 1. The largest absolute Gasteiger partial charge is 0.472 e. The van der Waals surface area contributed by atoms with Crippen LogP contribution in [0.4, 0.5) is 0 Å². The van der Waals surface area contributed by atoms with E-state index in [-0.39, 0.29) is 25.7 Å². The van der Waals surface area contributed by atoms with Crippen LogP contribution in [-0.4, -0.2) is 96.7 Å². The van der Waals surface area contributed by atoms with Crippen LogP contribution in [0.2, 0.25) is 0 Å². The zero-order valence-electron chi connectivity index (χ0n) is 64.4. The van der Waals surface area contributed by atoms with Gasteiger partial charge < -0.3 is 33.8 Å². The maximum absolute atomic E-state index is 13.1. The Morgan fingerprint density at radius 3 is 0.724 bits per heavy atom. The van der Waals surface area contributed by atoms with Crippen LogP contribution in [0, 0.1) is 23.7 Å². The fourth-order valence-electron chi connectivity index (χ4n) is 12.0. The number of phosphoric acid groups is 2. The van der Waals surface area contributed by atoms with E-state index in [0.717, 1.165) is 114 Å². The lowest BCUT2D eigenvalue weighted by Gasteiger charge is -2.21. The van der Waals surface area contributed by atoms with E-state index in [9.17, 15) is 43.2 Å². The van der Waals surface area contributed by atoms with E-state index in [0.29, 0.717) is 25.7 Å². The molecule has 17 nitrogen and oxygen atoms in total. The molecule has 0 amide bonds. The Morgan fingerprint density at radius 1 is 0.286 bits per heavy atom. The van der Waals surface area contributed by atoms with Crippen LogP contribution in [0.3, 0.4) is 0 Å². The first-order chi connectivity index (χ1) is 47.1. The molecule has 19 heteroatoms. The molecule has 3 unspecified atom stereocenters. The van der Waals surface area contributed by atoms with Crippen molar-refractivity contribution in [1.82, 2.24) is 0 Å². The fourth-order valence-corrected chi connectivity index (χ4v) is 13.6. The summed E-state index contributed by atoms with van der Waals surface area (Å²) in [6, 6.07) is 0. The van der Waals surface area contributed by atoms with E-state index in [1.807, 2.05) is 0 Å². The van der Waals surface area contributed by atoms with Crippen molar-refractivity contribution in [3.05, 3.63) is 0 Å². The first-order valence-corrected chi connectivity index (χ1v) is 43.7. The molecule has 0 heterocycles. The third kappa shape index (κ3) is 71.1. The summed E-state index contributed by atoms with van der Waals surface area (Å²) in [4.78, 5) is 73.0. The minimum Gasteiger partial charge on any atom is -0.462 e. The molecule has 582 valence electrons. The van der Waals surface area contributed by atoms with E-state index < -0.39 is 97.5 Å². The Labute approximate surface area is 600 Å². The molecule has 0 fully saturated rings. The highest BCUT2D eigenvalue weighted by atomic mass is 31.2. The lowest BCUT2D eigenvalue weighted by molar-refractivity contribution is -0.161. The summed E-state index contributed by atoms with van der Waals surface area (Å²) in [7, 11) is -9.92. The quantitative estimate of drug-likeness (QED) is 0.0222. The Balaban J connectivity index is 5.27. The molecule has 6 atom stereocenters. The van der Waals surface area contributed by atoms with Crippen molar-refractivity contribution in [2.75, 3.05) is 39.6 Å². The zero-order chi connectivity index (χ0) is 72.4. The molecule has 0 saturated carbocycles. The Morgan fingerprint density at radius 2 is 0.490 bits per heavy atom. The number of unbranched alkanes of at least 4 members (excludes halogenated alkanes) is 41. The third-order valence-corrected chi connectivity index (χ3v) is 20.6. The van der Waals surface area contributed by atoms with Gasteiger partial charge in [-0.1, -0.05) is 351 Å². The average Bonchev–Trinajstić information content (AvgIpc) is 0.983. The maximum atomic E-state index is 13.1. The summed E-state index contributed by atoms with van der Waals surface area (Å²) in [5.74, 6) is 1.000. The summed E-state index contributed by atoms with van der Waals surface area (Å²) in [6.07, 6.45) is 54.0. The summed E-state index contributed by atoms with van der Waals surface area (Å²) in [5.41, 5.74) is 0. The number of rotatable bonds is 76. The predicted octanol–water partition coefficient (Wildman–Crippen LogP) is 23.2. The Bertz CT molecular complexity index is 1920. The highest BCUT2D eigenvalue weighted by Crippen LogP contribution is 2.45. The van der Waals surface area contributed by atoms with Crippen LogP contribution in [0.1, 0.15) is 402 Å². The molecular formula is C79H154O17P2. The van der Waals surface area contributed by atoms with Crippen molar-refractivity contribution in [2.45, 2.75) is 420 Å². The summed E-state index contributed by atoms with van der Waals surface area (Å²) in [5, 5.41) is 10.6. The number of aliphatic hydroxyl groups excluding tert-OH is 1. The van der Waals surface area contributed by atoms with Crippen LogP contribution in [-0.2, 0) is 65.4 Å². The first-order valence-electron chi connectivity index (χ1n) is 40.7. The number of carbonyl (C=O) groups is 4. The van der Waals surface area contributed by atoms with Gasteiger partial charge in [0.05, 0.1) is 26.4 Å². The minimum absolute atomic E-state index is 0.105. The van der Waals surface area contributed by atoms with Crippen LogP contribution in [0.5, 0.6) is 0 Å². The van der Waals surface area contributed by atoms with Crippen molar-refractivity contribution < 1.29 is 80.2 Å². The van der Waals surface area contributed by atoms with Gasteiger partial charge in [0.15, 0.2) is 12.2 Å². The van der Waals surface area contributed by atoms with E-state index in [4.69, 9.17) is 37.0 Å². The van der Waals surface area contributed by atoms with Crippen molar-refractivity contribution >= 4 is 39.5 Å². The second kappa shape index (κ2) is 68.2. The van der Waals surface area contributed by atoms with Crippen LogP contribution in [0.25, 0.3) is 0 Å². The summed E-state index contributed by atoms with van der Waals surface area (Å²) in [6.45, 7) is 14.3. The van der Waals surface area contributed by atoms with Gasteiger partial charge in [-0.05, 0) is 49.4 Å². The topological polar surface area (TPSA) is 237 Å². The highest BCUT2D eigenvalue weighted by molar-refractivity contribution is 7.47. The smallest absolute Gasteiger partial charge is 0.462 e. The summed E-state index contributed by atoms with van der Waals surface area (Å²) >= 11 is 0. The summed E-state index contributed by atoms with van der Waals surface area (Å²) < 4.78 is 68.7. The lowest BCUT2D eigenvalue weighted by Crippen LogP contribution is -2.30. The van der Waals surface area contributed by atoms with Gasteiger partial charge in [-0.2, -0.15) is 0 Å². The molecule has 0 radical (unpaired) electrons. The van der Waals surface area contributed by atoms with Gasteiger partial charge in [-0.25, -0.2) is 9.13 Å². The molecule has 0 aromatic carbocycles. The van der Waals surface area contributed by atoms with E-state index in [1.54, 1.807) is 0 Å². The van der Waals surface area contributed by atoms with E-state index in [1.165, 1.54) is 205 Å². The van der Waals surface area contributed by atoms with Gasteiger partial charge >= 0.3 is 39.5 Å². The second-order valence-corrected chi connectivity index (χ2v) is 33.0. The van der Waals surface area contributed by atoms with E-state index >= 15 is 0 Å². The molecule has 0 aromatic rings. The van der Waals surface area contributed by atoms with Gasteiger partial charge in [0.2, 0.25) is 0 Å². The molecule has 98 heavy (non-hydrogen) atoms. The first kappa shape index (κ1) is 96.1. The molecule has 3 N–H and O–H groups in total. The SMILES string of the molecule is CCC(C)CCCCCCCCCCC(=O)OC[C@H](COP(=O)(O)OC[C@H](O)COP(=O)(O)OC[C@@H](COC(=O)CCCCCCCCCCCCCCCC(C)C)OC(=O)CCCCCCCCCCCCCCCCC(C)C)OC(=O)CCCCCCCCCCCCC(C)C. The maximum Gasteiger partial charge on any atom is 0.472 e. The number of esters is 4. The average molecular weight is 1440 g/mol. The highest BCUT2D eigenvalue weighted by Gasteiger charge is 2.30. The molecule has 0 aliphatic carbocycles. The molecular weight excluding hydrogens is 1280 g/mol. The molecule has 0 rings (SSSR count). The van der Waals surface area contributed by atoms with Crippen LogP contribution < -0.4 is 0 Å². The monoisotopic (exact) mass is 1440 g/mol. The number of phosphoric ester groups is 2. The third-order valence-electron chi connectivity index (χ3n) is 18.7.